The fraction of sp³-hybridized carbons (Fsp3) is 0.692. The van der Waals surface area contributed by atoms with Gasteiger partial charge in [0.1, 0.15) is 6.61 Å². The van der Waals surface area contributed by atoms with Crippen molar-refractivity contribution in [1.29, 1.82) is 0 Å². The number of aliphatic hydroxyl groups is 1. The predicted molar refractivity (Wildman–Crippen MR) is 306 cm³/mol. The van der Waals surface area contributed by atoms with Crippen molar-refractivity contribution in [2.45, 2.75) is 277 Å². The SMILES string of the molecule is CC/C=C\C/C=C\C/C=C\C/C=C\C/C=C\C/C=C\CCCCCCCCC(=O)OC(CO)COC(=O)CCCCCCCCCCCCCCCCCC/C=C\C/C=C\C/C=C\CCCCCCC. The quantitative estimate of drug-likeness (QED) is 0.0373. The Labute approximate surface area is 433 Å². The van der Waals surface area contributed by atoms with Crippen LogP contribution in [0.15, 0.2) is 109 Å². The van der Waals surface area contributed by atoms with E-state index in [2.05, 4.69) is 123 Å². The molecule has 1 atom stereocenters. The van der Waals surface area contributed by atoms with Crippen LogP contribution in [-0.4, -0.2) is 36.4 Å². The molecule has 0 aromatic rings. The summed E-state index contributed by atoms with van der Waals surface area (Å²) in [7, 11) is 0. The van der Waals surface area contributed by atoms with Crippen LogP contribution in [0, 0.1) is 0 Å². The minimum absolute atomic E-state index is 0.0767. The summed E-state index contributed by atoms with van der Waals surface area (Å²) in [5, 5.41) is 9.66. The number of carbonyl (C=O) groups excluding carboxylic acids is 2. The number of rotatable bonds is 53. The van der Waals surface area contributed by atoms with Gasteiger partial charge < -0.3 is 14.6 Å². The molecule has 5 heteroatoms. The number of hydrogen-bond donors (Lipinski definition) is 1. The molecular formula is C65H110O5. The molecule has 0 saturated carbocycles. The van der Waals surface area contributed by atoms with Crippen LogP contribution in [0.25, 0.3) is 0 Å². The number of hydrogen-bond acceptors (Lipinski definition) is 5. The monoisotopic (exact) mass is 971 g/mol. The Morgan fingerprint density at radius 1 is 0.343 bits per heavy atom. The van der Waals surface area contributed by atoms with E-state index in [1.165, 1.54) is 148 Å². The van der Waals surface area contributed by atoms with E-state index in [4.69, 9.17) is 9.47 Å². The van der Waals surface area contributed by atoms with Gasteiger partial charge in [0.15, 0.2) is 6.10 Å². The van der Waals surface area contributed by atoms with Crippen molar-refractivity contribution in [2.75, 3.05) is 13.2 Å². The molecule has 0 saturated heterocycles. The van der Waals surface area contributed by atoms with Gasteiger partial charge in [-0.1, -0.05) is 264 Å². The van der Waals surface area contributed by atoms with Crippen LogP contribution >= 0.6 is 0 Å². The van der Waals surface area contributed by atoms with Gasteiger partial charge in [0.05, 0.1) is 6.61 Å². The highest BCUT2D eigenvalue weighted by Crippen LogP contribution is 2.16. The normalized spacial score (nSPS) is 13.0. The second-order valence-corrected chi connectivity index (χ2v) is 19.3. The van der Waals surface area contributed by atoms with Crippen LogP contribution < -0.4 is 0 Å². The maximum Gasteiger partial charge on any atom is 0.306 e. The second-order valence-electron chi connectivity index (χ2n) is 19.3. The van der Waals surface area contributed by atoms with E-state index in [-0.39, 0.29) is 25.2 Å². The van der Waals surface area contributed by atoms with Gasteiger partial charge in [-0.2, -0.15) is 0 Å². The van der Waals surface area contributed by atoms with Gasteiger partial charge in [-0.05, 0) is 103 Å². The van der Waals surface area contributed by atoms with E-state index in [1.807, 2.05) is 0 Å². The van der Waals surface area contributed by atoms with Crippen LogP contribution in [0.5, 0.6) is 0 Å². The first-order chi connectivity index (χ1) is 34.6. The Kier molecular flexibility index (Phi) is 56.9. The van der Waals surface area contributed by atoms with Crippen molar-refractivity contribution in [3.63, 3.8) is 0 Å². The molecule has 1 N–H and O–H groups in total. The summed E-state index contributed by atoms with van der Waals surface area (Å²) in [5.41, 5.74) is 0. The Morgan fingerprint density at radius 3 is 0.929 bits per heavy atom. The summed E-state index contributed by atoms with van der Waals surface area (Å²) in [5.74, 6) is -0.607. The molecule has 0 amide bonds. The predicted octanol–water partition coefficient (Wildman–Crippen LogP) is 20.1. The fourth-order valence-corrected chi connectivity index (χ4v) is 8.15. The van der Waals surface area contributed by atoms with Gasteiger partial charge in [0.25, 0.3) is 0 Å². The zero-order chi connectivity index (χ0) is 50.6. The lowest BCUT2D eigenvalue weighted by molar-refractivity contribution is -0.161. The van der Waals surface area contributed by atoms with Gasteiger partial charge in [0.2, 0.25) is 0 Å². The average molecular weight is 972 g/mol. The first kappa shape index (κ1) is 66.6. The summed E-state index contributed by atoms with van der Waals surface area (Å²) < 4.78 is 10.7. The summed E-state index contributed by atoms with van der Waals surface area (Å²) in [6.45, 7) is 4.02. The van der Waals surface area contributed by atoms with E-state index in [0.717, 1.165) is 96.3 Å². The highest BCUT2D eigenvalue weighted by Gasteiger charge is 2.16. The first-order valence-electron chi connectivity index (χ1n) is 29.4. The molecule has 0 aromatic carbocycles. The first-order valence-corrected chi connectivity index (χ1v) is 29.4. The molecule has 0 heterocycles. The average Bonchev–Trinajstić information content (AvgIpc) is 3.36. The molecule has 400 valence electrons. The molecule has 0 radical (unpaired) electrons. The summed E-state index contributed by atoms with van der Waals surface area (Å²) in [4.78, 5) is 24.6. The van der Waals surface area contributed by atoms with Crippen LogP contribution in [-0.2, 0) is 19.1 Å². The molecule has 0 aliphatic rings. The van der Waals surface area contributed by atoms with Crippen molar-refractivity contribution in [1.82, 2.24) is 0 Å². The molecule has 1 unspecified atom stereocenters. The number of allylic oxidation sites excluding steroid dienone is 18. The Hall–Kier alpha value is -3.44. The Balaban J connectivity index is 3.53. The number of unbranched alkanes of at least 4 members (excludes halogenated alkanes) is 27. The standard InChI is InChI=1S/C65H110O5/c1-3-5-7-9-11-13-15-17-19-21-23-25-27-29-30-31-32-33-34-36-37-39-41-43-45-47-49-51-53-55-57-59-64(67)69-62-63(61-66)70-65(68)60-58-56-54-52-50-48-46-44-42-40-38-35-28-26-24-22-20-18-16-14-12-10-8-6-4-2/h6,8,12,14-15,17-18,20-21,23-24,26-27,29,35,38,42,44,63,66H,3-5,7,9-11,13,16,19,22,25,28,30-34,36-37,39-41,43,45-62H2,1-2H3/b8-6-,14-12-,17-15-,20-18-,23-21-,26-24-,29-27-,38-35-,44-42-. The van der Waals surface area contributed by atoms with Crippen LogP contribution in [0.2, 0.25) is 0 Å². The maximum absolute atomic E-state index is 12.3. The largest absolute Gasteiger partial charge is 0.462 e. The molecule has 70 heavy (non-hydrogen) atoms. The molecule has 0 aliphatic heterocycles. The maximum atomic E-state index is 12.3. The third-order valence-corrected chi connectivity index (χ3v) is 12.6. The molecule has 0 aliphatic carbocycles. The second kappa shape index (κ2) is 59.9. The van der Waals surface area contributed by atoms with Crippen LogP contribution in [0.3, 0.4) is 0 Å². The summed E-state index contributed by atoms with van der Waals surface area (Å²) in [6, 6.07) is 0. The van der Waals surface area contributed by atoms with Gasteiger partial charge in [-0.3, -0.25) is 9.59 Å². The van der Waals surface area contributed by atoms with Gasteiger partial charge in [-0.25, -0.2) is 0 Å². The summed E-state index contributed by atoms with van der Waals surface area (Å²) >= 11 is 0. The zero-order valence-electron chi connectivity index (χ0n) is 45.7. The lowest BCUT2D eigenvalue weighted by atomic mass is 10.0. The molecular weight excluding hydrogens is 861 g/mol. The third-order valence-electron chi connectivity index (χ3n) is 12.6. The van der Waals surface area contributed by atoms with Gasteiger partial charge in [-0.15, -0.1) is 0 Å². The van der Waals surface area contributed by atoms with Crippen LogP contribution in [0.4, 0.5) is 0 Å². The van der Waals surface area contributed by atoms with E-state index >= 15 is 0 Å². The topological polar surface area (TPSA) is 72.8 Å². The molecule has 0 aromatic heterocycles. The van der Waals surface area contributed by atoms with Crippen molar-refractivity contribution < 1.29 is 24.2 Å². The lowest BCUT2D eigenvalue weighted by Gasteiger charge is -2.15. The van der Waals surface area contributed by atoms with Crippen molar-refractivity contribution in [2.24, 2.45) is 0 Å². The molecule has 0 fully saturated rings. The van der Waals surface area contributed by atoms with E-state index < -0.39 is 6.10 Å². The highest BCUT2D eigenvalue weighted by atomic mass is 16.6. The lowest BCUT2D eigenvalue weighted by Crippen LogP contribution is -2.28. The molecule has 0 spiro atoms. The van der Waals surface area contributed by atoms with Crippen molar-refractivity contribution >= 4 is 11.9 Å². The number of carbonyl (C=O) groups is 2. The number of ether oxygens (including phenoxy) is 2. The number of aliphatic hydroxyl groups excluding tert-OH is 1. The van der Waals surface area contributed by atoms with Gasteiger partial charge >= 0.3 is 11.9 Å². The molecule has 0 bridgehead atoms. The van der Waals surface area contributed by atoms with E-state index in [0.29, 0.717) is 12.8 Å². The van der Waals surface area contributed by atoms with Gasteiger partial charge in [0, 0.05) is 12.8 Å². The Bertz CT molecular complexity index is 1380. The smallest absolute Gasteiger partial charge is 0.306 e. The van der Waals surface area contributed by atoms with Crippen molar-refractivity contribution in [3.05, 3.63) is 109 Å². The van der Waals surface area contributed by atoms with Crippen molar-refractivity contribution in [3.8, 4) is 0 Å². The minimum Gasteiger partial charge on any atom is -0.462 e. The highest BCUT2D eigenvalue weighted by molar-refractivity contribution is 5.70. The molecule has 0 rings (SSSR count). The summed E-state index contributed by atoms with van der Waals surface area (Å²) in [6.07, 6.45) is 86.3. The minimum atomic E-state index is -0.788. The molecule has 5 nitrogen and oxygen atoms in total. The fourth-order valence-electron chi connectivity index (χ4n) is 8.15. The van der Waals surface area contributed by atoms with E-state index in [9.17, 15) is 14.7 Å². The number of esters is 2. The Morgan fingerprint density at radius 2 is 0.614 bits per heavy atom. The third kappa shape index (κ3) is 57.1. The van der Waals surface area contributed by atoms with E-state index in [1.54, 1.807) is 0 Å². The van der Waals surface area contributed by atoms with Crippen LogP contribution in [0.1, 0.15) is 271 Å². The zero-order valence-corrected chi connectivity index (χ0v) is 45.7.